The molecule has 0 saturated heterocycles. The van der Waals surface area contributed by atoms with Crippen molar-refractivity contribution in [3.63, 3.8) is 0 Å². The van der Waals surface area contributed by atoms with Crippen LogP contribution in [0.15, 0.2) is 32.6 Å². The molecule has 2 aromatic heterocycles. The van der Waals surface area contributed by atoms with Gasteiger partial charge in [0.05, 0.1) is 19.8 Å². The summed E-state index contributed by atoms with van der Waals surface area (Å²) in [6, 6.07) is 5.37. The van der Waals surface area contributed by atoms with Gasteiger partial charge in [0.15, 0.2) is 17.0 Å². The molecule has 0 unspecified atom stereocenters. The molecule has 0 aliphatic heterocycles. The van der Waals surface area contributed by atoms with Gasteiger partial charge in [-0.05, 0) is 31.5 Å². The van der Waals surface area contributed by atoms with Crippen molar-refractivity contribution in [2.45, 2.75) is 20.4 Å². The average molecular weight is 374 g/mol. The molecule has 0 atom stereocenters. The second-order valence-electron chi connectivity index (χ2n) is 6.07. The van der Waals surface area contributed by atoms with E-state index in [2.05, 4.69) is 4.98 Å². The minimum atomic E-state index is -0.526. The van der Waals surface area contributed by atoms with Crippen LogP contribution in [0, 0.1) is 0 Å². The summed E-state index contributed by atoms with van der Waals surface area (Å²) in [5.74, 6) is 1.19. The fraction of sp³-hybridized carbons (Fsp3) is 0.389. The van der Waals surface area contributed by atoms with Crippen molar-refractivity contribution in [1.82, 2.24) is 18.7 Å². The highest BCUT2D eigenvalue weighted by molar-refractivity contribution is 5.70. The molecular weight excluding hydrogens is 352 g/mol. The zero-order chi connectivity index (χ0) is 19.7. The third-order valence-electron chi connectivity index (χ3n) is 4.33. The van der Waals surface area contributed by atoms with Gasteiger partial charge in [-0.1, -0.05) is 6.07 Å². The standard InChI is InChI=1S/C18H22N4O5/c1-5-26-12-8-7-11(9-13(12)27-6-2)10-22-14-15(19-17(22)24)20(3)18(25)21(4)16(14)23/h7-9H,5-6,10H2,1-4H3,(H,19,24). The van der Waals surface area contributed by atoms with Gasteiger partial charge in [-0.3, -0.25) is 23.5 Å². The molecule has 3 aromatic rings. The molecule has 0 fully saturated rings. The van der Waals surface area contributed by atoms with E-state index in [1.165, 1.54) is 23.2 Å². The normalized spacial score (nSPS) is 11.1. The van der Waals surface area contributed by atoms with Crippen molar-refractivity contribution in [2.75, 3.05) is 13.2 Å². The summed E-state index contributed by atoms with van der Waals surface area (Å²) in [6.45, 7) is 4.88. The van der Waals surface area contributed by atoms with Crippen LogP contribution in [0.5, 0.6) is 11.5 Å². The minimum absolute atomic E-state index is 0.149. The summed E-state index contributed by atoms with van der Waals surface area (Å²) in [6.07, 6.45) is 0. The molecule has 1 aromatic carbocycles. The number of benzene rings is 1. The Hall–Kier alpha value is -3.23. The van der Waals surface area contributed by atoms with Crippen LogP contribution in [-0.2, 0) is 20.6 Å². The van der Waals surface area contributed by atoms with Gasteiger partial charge in [-0.25, -0.2) is 9.59 Å². The Kier molecular flexibility index (Phi) is 4.93. The number of aryl methyl sites for hydroxylation is 1. The first kappa shape index (κ1) is 18.6. The smallest absolute Gasteiger partial charge is 0.332 e. The highest BCUT2D eigenvalue weighted by Crippen LogP contribution is 2.28. The van der Waals surface area contributed by atoms with Gasteiger partial charge >= 0.3 is 11.4 Å². The van der Waals surface area contributed by atoms with Crippen LogP contribution >= 0.6 is 0 Å². The molecule has 27 heavy (non-hydrogen) atoms. The number of hydrogen-bond donors (Lipinski definition) is 1. The molecule has 1 N–H and O–H groups in total. The molecule has 0 spiro atoms. The number of imidazole rings is 1. The summed E-state index contributed by atoms with van der Waals surface area (Å²) in [7, 11) is 2.89. The Morgan fingerprint density at radius 1 is 0.963 bits per heavy atom. The van der Waals surface area contributed by atoms with Crippen LogP contribution in [0.3, 0.4) is 0 Å². The molecule has 3 rings (SSSR count). The first-order valence-corrected chi connectivity index (χ1v) is 8.66. The minimum Gasteiger partial charge on any atom is -0.490 e. The molecule has 0 amide bonds. The van der Waals surface area contributed by atoms with Gasteiger partial charge in [0.1, 0.15) is 5.65 Å². The van der Waals surface area contributed by atoms with Gasteiger partial charge in [0.2, 0.25) is 0 Å². The molecule has 144 valence electrons. The van der Waals surface area contributed by atoms with Crippen LogP contribution in [0.4, 0.5) is 0 Å². The maximum Gasteiger partial charge on any atom is 0.332 e. The molecule has 0 saturated carbocycles. The molecular formula is C18H22N4O5. The molecule has 0 radical (unpaired) electrons. The Morgan fingerprint density at radius 2 is 1.63 bits per heavy atom. The third-order valence-corrected chi connectivity index (χ3v) is 4.33. The van der Waals surface area contributed by atoms with E-state index in [9.17, 15) is 14.4 Å². The monoisotopic (exact) mass is 374 g/mol. The maximum absolute atomic E-state index is 12.6. The Balaban J connectivity index is 2.14. The number of aromatic amines is 1. The number of nitrogens with one attached hydrogen (secondary N) is 1. The lowest BCUT2D eigenvalue weighted by molar-refractivity contribution is 0.287. The summed E-state index contributed by atoms with van der Waals surface area (Å²) >= 11 is 0. The topological polar surface area (TPSA) is 100 Å². The molecule has 2 heterocycles. The SMILES string of the molecule is CCOc1ccc(Cn2c(=O)[nH]c3c2c(=O)n(C)c(=O)n3C)cc1OCC. The number of nitrogens with zero attached hydrogens (tertiary/aromatic N) is 3. The van der Waals surface area contributed by atoms with Crippen LogP contribution in [0.2, 0.25) is 0 Å². The predicted molar refractivity (Wildman–Crippen MR) is 101 cm³/mol. The van der Waals surface area contributed by atoms with Crippen LogP contribution in [-0.4, -0.2) is 31.9 Å². The lowest BCUT2D eigenvalue weighted by Gasteiger charge is -2.13. The molecule has 0 aliphatic carbocycles. The first-order chi connectivity index (χ1) is 12.9. The van der Waals surface area contributed by atoms with Crippen LogP contribution < -0.4 is 26.4 Å². The van der Waals surface area contributed by atoms with Gasteiger partial charge in [0, 0.05) is 14.1 Å². The van der Waals surface area contributed by atoms with Crippen molar-refractivity contribution in [1.29, 1.82) is 0 Å². The van der Waals surface area contributed by atoms with Crippen molar-refractivity contribution < 1.29 is 9.47 Å². The largest absolute Gasteiger partial charge is 0.490 e. The summed E-state index contributed by atoms with van der Waals surface area (Å²) in [5, 5.41) is 0. The van der Waals surface area contributed by atoms with Crippen molar-refractivity contribution >= 4 is 11.2 Å². The first-order valence-electron chi connectivity index (χ1n) is 8.66. The van der Waals surface area contributed by atoms with E-state index in [0.717, 1.165) is 10.1 Å². The number of rotatable bonds is 6. The number of aromatic nitrogens is 4. The molecule has 0 aliphatic rings. The summed E-state index contributed by atoms with van der Waals surface area (Å²) in [4.78, 5) is 39.7. The highest BCUT2D eigenvalue weighted by atomic mass is 16.5. The lowest BCUT2D eigenvalue weighted by atomic mass is 10.2. The zero-order valence-electron chi connectivity index (χ0n) is 15.7. The predicted octanol–water partition coefficient (Wildman–Crippen LogP) is 0.573. The second kappa shape index (κ2) is 7.18. The van der Waals surface area contributed by atoms with Gasteiger partial charge in [-0.15, -0.1) is 0 Å². The van der Waals surface area contributed by atoms with E-state index in [0.29, 0.717) is 24.7 Å². The summed E-state index contributed by atoms with van der Waals surface area (Å²) in [5.41, 5.74) is -0.375. The van der Waals surface area contributed by atoms with E-state index >= 15 is 0 Å². The number of fused-ring (bicyclic) bond motifs is 1. The maximum atomic E-state index is 12.6. The number of hydrogen-bond acceptors (Lipinski definition) is 5. The molecule has 0 bridgehead atoms. The van der Waals surface area contributed by atoms with Crippen molar-refractivity contribution in [2.24, 2.45) is 14.1 Å². The van der Waals surface area contributed by atoms with Crippen molar-refractivity contribution in [3.05, 3.63) is 55.1 Å². The van der Waals surface area contributed by atoms with Gasteiger partial charge in [-0.2, -0.15) is 0 Å². The van der Waals surface area contributed by atoms with Crippen LogP contribution in [0.1, 0.15) is 19.4 Å². The van der Waals surface area contributed by atoms with Gasteiger partial charge in [0.25, 0.3) is 5.56 Å². The second-order valence-corrected chi connectivity index (χ2v) is 6.07. The van der Waals surface area contributed by atoms with E-state index in [1.807, 2.05) is 19.9 Å². The average Bonchev–Trinajstić information content (AvgIpc) is 2.97. The number of ether oxygens (including phenoxy) is 2. The fourth-order valence-electron chi connectivity index (χ4n) is 3.01. The zero-order valence-corrected chi connectivity index (χ0v) is 15.7. The van der Waals surface area contributed by atoms with Crippen LogP contribution in [0.25, 0.3) is 11.2 Å². The Labute approximate surface area is 154 Å². The van der Waals surface area contributed by atoms with Gasteiger partial charge < -0.3 is 9.47 Å². The third kappa shape index (κ3) is 3.16. The van der Waals surface area contributed by atoms with Crippen molar-refractivity contribution in [3.8, 4) is 11.5 Å². The Morgan fingerprint density at radius 3 is 2.30 bits per heavy atom. The fourth-order valence-corrected chi connectivity index (χ4v) is 3.01. The highest BCUT2D eigenvalue weighted by Gasteiger charge is 2.17. The number of H-pyrrole nitrogens is 1. The quantitative estimate of drug-likeness (QED) is 0.680. The van der Waals surface area contributed by atoms with E-state index < -0.39 is 16.9 Å². The summed E-state index contributed by atoms with van der Waals surface area (Å²) < 4.78 is 14.7. The Bertz CT molecular complexity index is 1170. The molecule has 9 heteroatoms. The van der Waals surface area contributed by atoms with E-state index in [4.69, 9.17) is 9.47 Å². The lowest BCUT2D eigenvalue weighted by Crippen LogP contribution is -2.37. The van der Waals surface area contributed by atoms with E-state index in [1.54, 1.807) is 12.1 Å². The van der Waals surface area contributed by atoms with E-state index in [-0.39, 0.29) is 17.7 Å². The molecule has 9 nitrogen and oxygen atoms in total.